The van der Waals surface area contributed by atoms with Crippen LogP contribution in [0.5, 0.6) is 0 Å². The van der Waals surface area contributed by atoms with Gasteiger partial charge in [-0.05, 0) is 0 Å². The Hall–Kier alpha value is -0.281. The topological polar surface area (TPSA) is 0 Å². The monoisotopic (exact) mass is 184 g/mol. The van der Waals surface area contributed by atoms with Crippen molar-refractivity contribution >= 4 is 0 Å². The zero-order chi connectivity index (χ0) is 4.83. The first-order chi connectivity index (χ1) is 2.91. The van der Waals surface area contributed by atoms with Gasteiger partial charge in [-0.25, -0.2) is 0 Å². The predicted molar refractivity (Wildman–Crippen MR) is 22.0 cm³/mol. The maximum Gasteiger partial charge on any atom is 0 e. The Labute approximate surface area is 70.8 Å². The minimum Gasteiger partial charge on any atom is -0.360 e. The van der Waals surface area contributed by atoms with E-state index in [0.717, 1.165) is 0 Å². The molecular formula is C6Fe2-2. The van der Waals surface area contributed by atoms with Gasteiger partial charge in [0.1, 0.15) is 0 Å². The second kappa shape index (κ2) is 15.9. The Morgan fingerprint density at radius 2 is 1.00 bits per heavy atom. The summed E-state index contributed by atoms with van der Waals surface area (Å²) in [4.78, 5) is 0. The second-order valence-corrected chi connectivity index (χ2v) is 0.500. The van der Waals surface area contributed by atoms with Crippen LogP contribution in [0.1, 0.15) is 0 Å². The van der Waals surface area contributed by atoms with Crippen LogP contribution < -0.4 is 0 Å². The van der Waals surface area contributed by atoms with Gasteiger partial charge >= 0.3 is 0 Å². The average Bonchev–Trinajstić information content (AvgIpc) is 1.61. The van der Waals surface area contributed by atoms with Crippen molar-refractivity contribution in [3.05, 3.63) is 12.8 Å². The summed E-state index contributed by atoms with van der Waals surface area (Å²) in [6, 6.07) is 0. The van der Waals surface area contributed by atoms with Crippen LogP contribution in [0.2, 0.25) is 0 Å². The van der Waals surface area contributed by atoms with E-state index in [1.54, 1.807) is 11.8 Å². The van der Waals surface area contributed by atoms with Gasteiger partial charge in [0.05, 0.1) is 0 Å². The fourth-order valence-corrected chi connectivity index (χ4v) is 0.0625. The molecule has 0 aliphatic heterocycles. The molecule has 0 bridgehead atoms. The SMILES string of the molecule is [C-]#CC#CC#[C-].[Fe].[Fe]. The summed E-state index contributed by atoms with van der Waals surface area (Å²) in [5, 5.41) is 0. The molecule has 0 heterocycles. The largest absolute Gasteiger partial charge is 0.360 e. The first kappa shape index (κ1) is 15.6. The van der Waals surface area contributed by atoms with Crippen LogP contribution in [0.25, 0.3) is 0 Å². The molecule has 0 unspecified atom stereocenters. The zero-order valence-corrected chi connectivity index (χ0v) is 5.92. The van der Waals surface area contributed by atoms with Crippen molar-refractivity contribution in [3.63, 3.8) is 0 Å². The van der Waals surface area contributed by atoms with E-state index in [9.17, 15) is 0 Å². The van der Waals surface area contributed by atoms with Gasteiger partial charge in [0.15, 0.2) is 0 Å². The Bertz CT molecular complexity index is 140. The molecule has 0 saturated carbocycles. The summed E-state index contributed by atoms with van der Waals surface area (Å²) in [5.41, 5.74) is 0. The summed E-state index contributed by atoms with van der Waals surface area (Å²) in [5.74, 6) is 7.68. The Balaban J connectivity index is -0.000000125. The summed E-state index contributed by atoms with van der Waals surface area (Å²) in [6.45, 7) is 0. The third-order valence-electron chi connectivity index (χ3n) is 0.188. The van der Waals surface area contributed by atoms with Crippen molar-refractivity contribution < 1.29 is 34.1 Å². The Kier molecular flexibility index (Phi) is 31.1. The molecule has 8 heavy (non-hydrogen) atoms. The van der Waals surface area contributed by atoms with Gasteiger partial charge < -0.3 is 24.7 Å². The third-order valence-corrected chi connectivity index (χ3v) is 0.188. The van der Waals surface area contributed by atoms with E-state index in [2.05, 4.69) is 11.8 Å². The van der Waals surface area contributed by atoms with Crippen LogP contribution in [0, 0.1) is 36.5 Å². The zero-order valence-electron chi connectivity index (χ0n) is 3.71. The van der Waals surface area contributed by atoms with Crippen molar-refractivity contribution in [2.24, 2.45) is 0 Å². The van der Waals surface area contributed by atoms with Gasteiger partial charge in [-0.2, -0.15) is 0 Å². The minimum atomic E-state index is 0. The summed E-state index contributed by atoms with van der Waals surface area (Å²) in [7, 11) is 0. The van der Waals surface area contributed by atoms with Crippen molar-refractivity contribution in [3.8, 4) is 23.7 Å². The molecule has 0 fully saturated rings. The van der Waals surface area contributed by atoms with Crippen LogP contribution in [0.15, 0.2) is 0 Å². The molecule has 0 aliphatic carbocycles. The fourth-order valence-electron chi connectivity index (χ4n) is 0.0625. The normalized spacial score (nSPS) is 2.25. The maximum absolute atomic E-state index is 6.16. The Morgan fingerprint density at radius 3 is 1.12 bits per heavy atom. The van der Waals surface area contributed by atoms with Gasteiger partial charge in [0.25, 0.3) is 0 Å². The molecule has 0 nitrogen and oxygen atoms in total. The average molecular weight is 184 g/mol. The van der Waals surface area contributed by atoms with E-state index in [-0.39, 0.29) is 34.1 Å². The molecule has 0 aromatic rings. The molecule has 0 aromatic carbocycles. The predicted octanol–water partition coefficient (Wildman–Crippen LogP) is 0.164. The molecule has 0 aromatic heterocycles. The molecule has 0 atom stereocenters. The van der Waals surface area contributed by atoms with E-state index in [4.69, 9.17) is 12.8 Å². The second-order valence-electron chi connectivity index (χ2n) is 0.500. The summed E-state index contributed by atoms with van der Waals surface area (Å²) >= 11 is 0. The smallest absolute Gasteiger partial charge is 0 e. The molecular weight excluding hydrogens is 184 g/mol. The van der Waals surface area contributed by atoms with Gasteiger partial charge in [-0.15, -0.1) is 0 Å². The summed E-state index contributed by atoms with van der Waals surface area (Å²) < 4.78 is 0. The van der Waals surface area contributed by atoms with E-state index in [1.165, 1.54) is 0 Å². The van der Waals surface area contributed by atoms with Crippen molar-refractivity contribution in [2.45, 2.75) is 0 Å². The molecule has 0 rings (SSSR count). The third kappa shape index (κ3) is 17.2. The molecule has 0 N–H and O–H groups in total. The van der Waals surface area contributed by atoms with Gasteiger partial charge in [0.2, 0.25) is 0 Å². The Morgan fingerprint density at radius 1 is 0.750 bits per heavy atom. The standard InChI is InChI=1S/C6.2Fe/c1-3-5-6-4-2;;/q-2;;. The van der Waals surface area contributed by atoms with Crippen LogP contribution in [-0.2, 0) is 34.1 Å². The van der Waals surface area contributed by atoms with E-state index >= 15 is 0 Å². The van der Waals surface area contributed by atoms with Gasteiger partial charge in [-0.1, -0.05) is 0 Å². The van der Waals surface area contributed by atoms with Crippen LogP contribution in [0.3, 0.4) is 0 Å². The van der Waals surface area contributed by atoms with Crippen LogP contribution in [-0.4, -0.2) is 0 Å². The fraction of sp³-hybridized carbons (Fsp3) is 0. The van der Waals surface area contributed by atoms with Gasteiger partial charge in [-0.3, -0.25) is 11.8 Å². The van der Waals surface area contributed by atoms with Crippen molar-refractivity contribution in [2.75, 3.05) is 0 Å². The first-order valence-electron chi connectivity index (χ1n) is 1.25. The minimum absolute atomic E-state index is 0. The molecule has 0 spiro atoms. The van der Waals surface area contributed by atoms with E-state index < -0.39 is 0 Å². The molecule has 0 amide bonds. The number of rotatable bonds is 0. The van der Waals surface area contributed by atoms with Crippen LogP contribution in [0.4, 0.5) is 0 Å². The molecule has 0 aliphatic rings. The molecule has 0 radical (unpaired) electrons. The molecule has 42 valence electrons. The molecule has 2 heteroatoms. The summed E-state index contributed by atoms with van der Waals surface area (Å²) in [6.07, 6.45) is 12.3. The van der Waals surface area contributed by atoms with Crippen LogP contribution >= 0.6 is 0 Å². The van der Waals surface area contributed by atoms with Crippen molar-refractivity contribution in [1.82, 2.24) is 0 Å². The van der Waals surface area contributed by atoms with Gasteiger partial charge in [0, 0.05) is 34.1 Å². The quantitative estimate of drug-likeness (QED) is 0.285. The van der Waals surface area contributed by atoms with E-state index in [0.29, 0.717) is 0 Å². The first-order valence-corrected chi connectivity index (χ1v) is 1.25. The van der Waals surface area contributed by atoms with E-state index in [1.807, 2.05) is 0 Å². The maximum atomic E-state index is 6.16. The van der Waals surface area contributed by atoms with Crippen molar-refractivity contribution in [1.29, 1.82) is 0 Å². The number of hydrogen-bond acceptors (Lipinski definition) is 0. The molecule has 0 saturated heterocycles. The number of hydrogen-bond donors (Lipinski definition) is 0.